The molecule has 2 aromatic rings. The van der Waals surface area contributed by atoms with Gasteiger partial charge in [-0.2, -0.15) is 10.1 Å². The number of rotatable bonds is 2. The maximum absolute atomic E-state index is 8.60. The Morgan fingerprint density at radius 1 is 1.29 bits per heavy atom. The second kappa shape index (κ2) is 3.66. The van der Waals surface area contributed by atoms with E-state index in [0.29, 0.717) is 12.1 Å². The number of benzene rings is 1. The summed E-state index contributed by atoms with van der Waals surface area (Å²) in [5, 5.41) is 19.8. The van der Waals surface area contributed by atoms with Crippen LogP contribution in [0.1, 0.15) is 11.1 Å². The summed E-state index contributed by atoms with van der Waals surface area (Å²) in [5.41, 5.74) is 1.70. The Bertz CT molecular complexity index is 437. The van der Waals surface area contributed by atoms with Crippen molar-refractivity contribution in [1.82, 2.24) is 20.2 Å². The Hall–Kier alpha value is -2.22. The Labute approximate surface area is 80.6 Å². The van der Waals surface area contributed by atoms with Gasteiger partial charge in [0.2, 0.25) is 0 Å². The molecule has 0 aliphatic rings. The molecule has 0 bridgehead atoms. The first-order valence-corrected chi connectivity index (χ1v) is 4.08. The van der Waals surface area contributed by atoms with E-state index in [1.807, 2.05) is 12.1 Å². The van der Waals surface area contributed by atoms with Crippen LogP contribution < -0.4 is 0 Å². The van der Waals surface area contributed by atoms with E-state index in [4.69, 9.17) is 5.26 Å². The normalized spacial score (nSPS) is 9.64. The first-order chi connectivity index (χ1) is 6.88. The average molecular weight is 185 g/mol. The standard InChI is InChI=1S/C9H7N5/c10-5-8-1-3-9(4-2-8)6-14-12-7-11-13-14/h1-4,7H,6H2. The summed E-state index contributed by atoms with van der Waals surface area (Å²) >= 11 is 0. The monoisotopic (exact) mass is 185 g/mol. The van der Waals surface area contributed by atoms with Crippen LogP contribution in [0.15, 0.2) is 30.6 Å². The summed E-state index contributed by atoms with van der Waals surface area (Å²) < 4.78 is 0. The second-order valence-corrected chi connectivity index (χ2v) is 2.77. The van der Waals surface area contributed by atoms with Crippen LogP contribution in [0, 0.1) is 11.3 Å². The zero-order valence-corrected chi connectivity index (χ0v) is 7.33. The summed E-state index contributed by atoms with van der Waals surface area (Å²) in [6.45, 7) is 0.575. The van der Waals surface area contributed by atoms with Crippen LogP contribution in [0.2, 0.25) is 0 Å². The maximum atomic E-state index is 8.60. The fourth-order valence-electron chi connectivity index (χ4n) is 1.11. The topological polar surface area (TPSA) is 67.4 Å². The molecule has 0 fully saturated rings. The first-order valence-electron chi connectivity index (χ1n) is 4.08. The summed E-state index contributed by atoms with van der Waals surface area (Å²) in [7, 11) is 0. The highest BCUT2D eigenvalue weighted by molar-refractivity contribution is 5.31. The van der Waals surface area contributed by atoms with Gasteiger partial charge < -0.3 is 0 Å². The predicted molar refractivity (Wildman–Crippen MR) is 48.1 cm³/mol. The molecular weight excluding hydrogens is 178 g/mol. The number of hydrogen-bond acceptors (Lipinski definition) is 4. The van der Waals surface area contributed by atoms with Crippen LogP contribution in [0.25, 0.3) is 0 Å². The predicted octanol–water partition coefficient (Wildman–Crippen LogP) is 0.593. The minimum atomic E-state index is 0.575. The van der Waals surface area contributed by atoms with Crippen molar-refractivity contribution < 1.29 is 0 Å². The molecule has 1 heterocycles. The summed E-state index contributed by atoms with van der Waals surface area (Å²) in [4.78, 5) is 1.49. The van der Waals surface area contributed by atoms with Crippen molar-refractivity contribution in [2.75, 3.05) is 0 Å². The van der Waals surface area contributed by atoms with Gasteiger partial charge in [0.15, 0.2) is 6.33 Å². The van der Waals surface area contributed by atoms with Crippen molar-refractivity contribution in [3.05, 3.63) is 41.7 Å². The van der Waals surface area contributed by atoms with Crippen molar-refractivity contribution >= 4 is 0 Å². The smallest absolute Gasteiger partial charge is 0.162 e. The van der Waals surface area contributed by atoms with Gasteiger partial charge in [-0.1, -0.05) is 12.1 Å². The molecule has 5 heteroatoms. The van der Waals surface area contributed by atoms with E-state index >= 15 is 0 Å². The lowest BCUT2D eigenvalue weighted by Gasteiger charge is -1.98. The molecule has 0 aliphatic carbocycles. The third-order valence-corrected chi connectivity index (χ3v) is 1.80. The minimum Gasteiger partial charge on any atom is -0.192 e. The van der Waals surface area contributed by atoms with Gasteiger partial charge in [0.25, 0.3) is 0 Å². The molecule has 14 heavy (non-hydrogen) atoms. The Balaban J connectivity index is 2.15. The molecule has 2 rings (SSSR count). The Kier molecular flexibility index (Phi) is 2.19. The molecule has 0 amide bonds. The third kappa shape index (κ3) is 1.75. The van der Waals surface area contributed by atoms with E-state index in [1.165, 1.54) is 11.1 Å². The molecule has 0 aliphatic heterocycles. The molecule has 0 atom stereocenters. The van der Waals surface area contributed by atoms with Crippen LogP contribution >= 0.6 is 0 Å². The van der Waals surface area contributed by atoms with E-state index in [9.17, 15) is 0 Å². The van der Waals surface area contributed by atoms with Crippen molar-refractivity contribution in [2.45, 2.75) is 6.54 Å². The highest BCUT2D eigenvalue weighted by Gasteiger charge is 1.96. The van der Waals surface area contributed by atoms with Crippen LogP contribution in [-0.2, 0) is 6.54 Å². The largest absolute Gasteiger partial charge is 0.192 e. The third-order valence-electron chi connectivity index (χ3n) is 1.80. The van der Waals surface area contributed by atoms with Gasteiger partial charge in [-0.05, 0) is 22.9 Å². The Morgan fingerprint density at radius 2 is 2.07 bits per heavy atom. The van der Waals surface area contributed by atoms with Gasteiger partial charge in [0.05, 0.1) is 18.2 Å². The molecule has 0 spiro atoms. The zero-order valence-electron chi connectivity index (χ0n) is 7.33. The van der Waals surface area contributed by atoms with Gasteiger partial charge in [-0.15, -0.1) is 10.2 Å². The lowest BCUT2D eigenvalue weighted by atomic mass is 10.1. The van der Waals surface area contributed by atoms with Crippen LogP contribution in [0.5, 0.6) is 0 Å². The molecule has 0 radical (unpaired) electrons. The fraction of sp³-hybridized carbons (Fsp3) is 0.111. The van der Waals surface area contributed by atoms with Crippen molar-refractivity contribution in [3.8, 4) is 6.07 Å². The van der Waals surface area contributed by atoms with Crippen molar-refractivity contribution in [1.29, 1.82) is 5.26 Å². The maximum Gasteiger partial charge on any atom is 0.162 e. The highest BCUT2D eigenvalue weighted by atomic mass is 15.6. The van der Waals surface area contributed by atoms with E-state index in [-0.39, 0.29) is 0 Å². The lowest BCUT2D eigenvalue weighted by molar-refractivity contribution is 0.572. The number of nitrogens with zero attached hydrogens (tertiary/aromatic N) is 5. The molecule has 68 valence electrons. The van der Waals surface area contributed by atoms with E-state index < -0.39 is 0 Å². The van der Waals surface area contributed by atoms with E-state index in [0.717, 1.165) is 5.56 Å². The Morgan fingerprint density at radius 3 is 2.64 bits per heavy atom. The van der Waals surface area contributed by atoms with Crippen LogP contribution in [-0.4, -0.2) is 20.2 Å². The van der Waals surface area contributed by atoms with E-state index in [2.05, 4.69) is 21.5 Å². The highest BCUT2D eigenvalue weighted by Crippen LogP contribution is 2.03. The molecule has 0 saturated heterocycles. The van der Waals surface area contributed by atoms with Crippen molar-refractivity contribution in [2.24, 2.45) is 0 Å². The summed E-state index contributed by atoms with van der Waals surface area (Å²) in [6.07, 6.45) is 1.39. The summed E-state index contributed by atoms with van der Waals surface area (Å²) in [6, 6.07) is 9.36. The quantitative estimate of drug-likeness (QED) is 0.686. The number of tetrazole rings is 1. The minimum absolute atomic E-state index is 0.575. The van der Waals surface area contributed by atoms with Gasteiger partial charge in [-0.25, -0.2) is 0 Å². The molecule has 5 nitrogen and oxygen atoms in total. The van der Waals surface area contributed by atoms with Gasteiger partial charge in [0, 0.05) is 0 Å². The van der Waals surface area contributed by atoms with Gasteiger partial charge in [0.1, 0.15) is 0 Å². The lowest BCUT2D eigenvalue weighted by Crippen LogP contribution is -2.03. The number of nitriles is 1. The number of hydrogen-bond donors (Lipinski definition) is 0. The van der Waals surface area contributed by atoms with Gasteiger partial charge in [-0.3, -0.25) is 0 Å². The van der Waals surface area contributed by atoms with Crippen molar-refractivity contribution in [3.63, 3.8) is 0 Å². The van der Waals surface area contributed by atoms with Crippen LogP contribution in [0.4, 0.5) is 0 Å². The zero-order chi connectivity index (χ0) is 9.80. The first kappa shape index (κ1) is 8.38. The van der Waals surface area contributed by atoms with E-state index in [1.54, 1.807) is 12.1 Å². The molecule has 0 unspecified atom stereocenters. The second-order valence-electron chi connectivity index (χ2n) is 2.77. The molecule has 1 aromatic heterocycles. The summed E-state index contributed by atoms with van der Waals surface area (Å²) in [5.74, 6) is 0. The van der Waals surface area contributed by atoms with Crippen LogP contribution in [0.3, 0.4) is 0 Å². The molecular formula is C9H7N5. The molecule has 0 N–H and O–H groups in total. The molecule has 0 saturated carbocycles. The molecule has 1 aromatic carbocycles. The number of aromatic nitrogens is 4. The SMILES string of the molecule is N#Cc1ccc(Cn2ncnn2)cc1. The average Bonchev–Trinajstić information content (AvgIpc) is 2.72. The fourth-order valence-corrected chi connectivity index (χ4v) is 1.11. The van der Waals surface area contributed by atoms with Gasteiger partial charge >= 0.3 is 0 Å².